The number of nitrogens with one attached hydrogen (secondary N) is 1. The predicted octanol–water partition coefficient (Wildman–Crippen LogP) is 1.73. The number of nitrogens with zero attached hydrogens (tertiary/aromatic N) is 2. The second-order valence-electron chi connectivity index (χ2n) is 3.27. The van der Waals surface area contributed by atoms with Crippen molar-refractivity contribution in [2.24, 2.45) is 0 Å². The summed E-state index contributed by atoms with van der Waals surface area (Å²) in [7, 11) is 1.86. The first-order valence-electron chi connectivity index (χ1n) is 4.73. The Balaban J connectivity index is 2.40. The van der Waals surface area contributed by atoms with Gasteiger partial charge < -0.3 is 9.88 Å². The summed E-state index contributed by atoms with van der Waals surface area (Å²) in [4.78, 5) is 4.05. The summed E-state index contributed by atoms with van der Waals surface area (Å²) in [6, 6.07) is 6.46. The lowest BCUT2D eigenvalue weighted by atomic mass is 10.3. The molecule has 0 saturated heterocycles. The highest BCUT2D eigenvalue weighted by atomic mass is 19.1. The van der Waals surface area contributed by atoms with Gasteiger partial charge in [-0.25, -0.2) is 9.37 Å². The maximum atomic E-state index is 13.0. The second kappa shape index (κ2) is 4.23. The summed E-state index contributed by atoms with van der Waals surface area (Å²) in [5, 5.41) is 3.04. The van der Waals surface area contributed by atoms with Gasteiger partial charge >= 0.3 is 0 Å². The topological polar surface area (TPSA) is 29.9 Å². The van der Waals surface area contributed by atoms with Crippen molar-refractivity contribution < 1.29 is 4.39 Å². The van der Waals surface area contributed by atoms with Crippen molar-refractivity contribution in [3.05, 3.63) is 48.3 Å². The van der Waals surface area contributed by atoms with Crippen LogP contribution in [0.1, 0.15) is 5.69 Å². The van der Waals surface area contributed by atoms with Crippen LogP contribution in [0.4, 0.5) is 4.39 Å². The third kappa shape index (κ3) is 2.05. The largest absolute Gasteiger partial charge is 0.314 e. The van der Waals surface area contributed by atoms with E-state index in [1.165, 1.54) is 12.1 Å². The number of rotatable bonds is 3. The van der Waals surface area contributed by atoms with E-state index < -0.39 is 0 Å². The molecule has 1 aromatic heterocycles. The number of hydrogen-bond donors (Lipinski definition) is 1. The van der Waals surface area contributed by atoms with Gasteiger partial charge in [0.05, 0.1) is 12.0 Å². The van der Waals surface area contributed by atoms with E-state index in [1.54, 1.807) is 18.6 Å². The quantitative estimate of drug-likeness (QED) is 0.827. The second-order valence-corrected chi connectivity index (χ2v) is 3.27. The minimum atomic E-state index is -0.239. The normalized spacial score (nSPS) is 10.5. The van der Waals surface area contributed by atoms with Gasteiger partial charge in [-0.05, 0) is 25.2 Å². The zero-order chi connectivity index (χ0) is 10.7. The van der Waals surface area contributed by atoms with Gasteiger partial charge in [0.2, 0.25) is 0 Å². The summed E-state index contributed by atoms with van der Waals surface area (Å²) in [6.45, 7) is 0.705. The third-order valence-electron chi connectivity index (χ3n) is 2.16. The molecule has 0 fully saturated rings. The monoisotopic (exact) mass is 205 g/mol. The van der Waals surface area contributed by atoms with Crippen LogP contribution in [0.5, 0.6) is 0 Å². The van der Waals surface area contributed by atoms with E-state index in [0.717, 1.165) is 11.4 Å². The maximum absolute atomic E-state index is 13.0. The minimum absolute atomic E-state index is 0.239. The SMILES string of the molecule is CNCc1cncn1-c1cccc(F)c1. The Bertz CT molecular complexity index is 451. The third-order valence-corrected chi connectivity index (χ3v) is 2.16. The van der Waals surface area contributed by atoms with Crippen molar-refractivity contribution in [3.63, 3.8) is 0 Å². The maximum Gasteiger partial charge on any atom is 0.125 e. The Labute approximate surface area is 87.6 Å². The number of halogens is 1. The molecular formula is C11H12FN3. The number of imidazole rings is 1. The summed E-state index contributed by atoms with van der Waals surface area (Å²) in [5.74, 6) is -0.239. The molecule has 3 nitrogen and oxygen atoms in total. The molecule has 2 rings (SSSR count). The highest BCUT2D eigenvalue weighted by Gasteiger charge is 2.03. The van der Waals surface area contributed by atoms with Crippen molar-refractivity contribution in [3.8, 4) is 5.69 Å². The fraction of sp³-hybridized carbons (Fsp3) is 0.182. The molecule has 78 valence electrons. The first kappa shape index (κ1) is 9.86. The van der Waals surface area contributed by atoms with E-state index in [0.29, 0.717) is 6.54 Å². The van der Waals surface area contributed by atoms with E-state index in [2.05, 4.69) is 10.3 Å². The first-order chi connectivity index (χ1) is 7.31. The van der Waals surface area contributed by atoms with Crippen molar-refractivity contribution in [2.75, 3.05) is 7.05 Å². The van der Waals surface area contributed by atoms with Crippen LogP contribution in [-0.4, -0.2) is 16.6 Å². The van der Waals surface area contributed by atoms with Crippen LogP contribution in [0, 0.1) is 5.82 Å². The zero-order valence-corrected chi connectivity index (χ0v) is 8.44. The molecule has 0 aliphatic heterocycles. The van der Waals surface area contributed by atoms with Gasteiger partial charge in [0.1, 0.15) is 5.82 Å². The molecule has 1 heterocycles. The molecule has 4 heteroatoms. The van der Waals surface area contributed by atoms with Crippen LogP contribution in [-0.2, 0) is 6.54 Å². The molecule has 15 heavy (non-hydrogen) atoms. The Morgan fingerprint density at radius 2 is 2.33 bits per heavy atom. The minimum Gasteiger partial charge on any atom is -0.314 e. The molecular weight excluding hydrogens is 193 g/mol. The lowest BCUT2D eigenvalue weighted by Crippen LogP contribution is -2.09. The van der Waals surface area contributed by atoms with Gasteiger partial charge in [-0.1, -0.05) is 6.07 Å². The molecule has 0 bridgehead atoms. The van der Waals surface area contributed by atoms with Crippen LogP contribution in [0.25, 0.3) is 5.69 Å². The molecule has 1 aromatic carbocycles. The van der Waals surface area contributed by atoms with Crippen LogP contribution in [0.15, 0.2) is 36.8 Å². The van der Waals surface area contributed by atoms with Crippen LogP contribution >= 0.6 is 0 Å². The highest BCUT2D eigenvalue weighted by Crippen LogP contribution is 2.12. The standard InChI is InChI=1S/C11H12FN3/c1-13-6-11-7-14-8-15(11)10-4-2-3-9(12)5-10/h2-5,7-8,13H,6H2,1H3. The number of aromatic nitrogens is 2. The fourth-order valence-electron chi connectivity index (χ4n) is 1.49. The van der Waals surface area contributed by atoms with Gasteiger partial charge in [-0.3, -0.25) is 0 Å². The Morgan fingerprint density at radius 1 is 1.47 bits per heavy atom. The zero-order valence-electron chi connectivity index (χ0n) is 8.44. The Hall–Kier alpha value is -1.68. The molecule has 0 saturated carbocycles. The van der Waals surface area contributed by atoms with Gasteiger partial charge in [0.25, 0.3) is 0 Å². The molecule has 2 aromatic rings. The molecule has 0 aliphatic carbocycles. The molecule has 0 atom stereocenters. The van der Waals surface area contributed by atoms with Crippen molar-refractivity contribution in [1.29, 1.82) is 0 Å². The van der Waals surface area contributed by atoms with E-state index in [-0.39, 0.29) is 5.82 Å². The van der Waals surface area contributed by atoms with Crippen LogP contribution < -0.4 is 5.32 Å². The summed E-state index contributed by atoms with van der Waals surface area (Å²) < 4.78 is 14.9. The molecule has 0 amide bonds. The van der Waals surface area contributed by atoms with E-state index in [9.17, 15) is 4.39 Å². The van der Waals surface area contributed by atoms with E-state index >= 15 is 0 Å². The summed E-state index contributed by atoms with van der Waals surface area (Å²) in [5.41, 5.74) is 1.79. The van der Waals surface area contributed by atoms with Crippen molar-refractivity contribution in [2.45, 2.75) is 6.54 Å². The first-order valence-corrected chi connectivity index (χ1v) is 4.73. The molecule has 0 aliphatic rings. The lowest BCUT2D eigenvalue weighted by Gasteiger charge is -2.07. The van der Waals surface area contributed by atoms with Crippen LogP contribution in [0.3, 0.4) is 0 Å². The van der Waals surface area contributed by atoms with E-state index in [4.69, 9.17) is 0 Å². The lowest BCUT2D eigenvalue weighted by molar-refractivity contribution is 0.626. The molecule has 1 N–H and O–H groups in total. The smallest absolute Gasteiger partial charge is 0.125 e. The van der Waals surface area contributed by atoms with Crippen molar-refractivity contribution >= 4 is 0 Å². The number of hydrogen-bond acceptors (Lipinski definition) is 2. The molecule has 0 unspecified atom stereocenters. The van der Waals surface area contributed by atoms with Gasteiger partial charge in [0.15, 0.2) is 0 Å². The average Bonchev–Trinajstić information content (AvgIpc) is 2.66. The predicted molar refractivity (Wildman–Crippen MR) is 56.3 cm³/mol. The van der Waals surface area contributed by atoms with Crippen LogP contribution in [0.2, 0.25) is 0 Å². The Kier molecular flexibility index (Phi) is 2.78. The highest BCUT2D eigenvalue weighted by molar-refractivity contribution is 5.33. The summed E-state index contributed by atoms with van der Waals surface area (Å²) in [6.07, 6.45) is 3.45. The van der Waals surface area contributed by atoms with Gasteiger partial charge in [0, 0.05) is 18.4 Å². The van der Waals surface area contributed by atoms with E-state index in [1.807, 2.05) is 17.7 Å². The van der Waals surface area contributed by atoms with Gasteiger partial charge in [-0.15, -0.1) is 0 Å². The Morgan fingerprint density at radius 3 is 3.07 bits per heavy atom. The molecule has 0 radical (unpaired) electrons. The van der Waals surface area contributed by atoms with Gasteiger partial charge in [-0.2, -0.15) is 0 Å². The summed E-state index contributed by atoms with van der Waals surface area (Å²) >= 11 is 0. The molecule has 0 spiro atoms. The number of benzene rings is 1. The van der Waals surface area contributed by atoms with Crippen molar-refractivity contribution in [1.82, 2.24) is 14.9 Å². The fourth-order valence-corrected chi connectivity index (χ4v) is 1.49. The average molecular weight is 205 g/mol.